The van der Waals surface area contributed by atoms with Crippen molar-refractivity contribution >= 4 is 38.8 Å². The van der Waals surface area contributed by atoms with Gasteiger partial charge in [0.2, 0.25) is 0 Å². The number of aromatic nitrogens is 2. The summed E-state index contributed by atoms with van der Waals surface area (Å²) in [5, 5.41) is 23.1. The number of benzene rings is 6. The van der Waals surface area contributed by atoms with Crippen LogP contribution in [-0.2, 0) is 6.42 Å². The average Bonchev–Trinajstić information content (AvgIpc) is 3.67. The molecule has 1 aliphatic rings. The van der Waals surface area contributed by atoms with Crippen molar-refractivity contribution < 1.29 is 0 Å². The van der Waals surface area contributed by atoms with E-state index in [-0.39, 0.29) is 0 Å². The summed E-state index contributed by atoms with van der Waals surface area (Å²) in [5.41, 5.74) is 13.6. The van der Waals surface area contributed by atoms with Crippen LogP contribution in [0.3, 0.4) is 0 Å². The summed E-state index contributed by atoms with van der Waals surface area (Å²) in [7, 11) is 0. The van der Waals surface area contributed by atoms with E-state index in [9.17, 15) is 10.5 Å². The summed E-state index contributed by atoms with van der Waals surface area (Å²) < 4.78 is 4.67. The van der Waals surface area contributed by atoms with Crippen LogP contribution >= 0.6 is 0 Å². The Labute approximate surface area is 278 Å². The van der Waals surface area contributed by atoms with E-state index in [1.807, 2.05) is 24.3 Å². The Kier molecular flexibility index (Phi) is 6.35. The van der Waals surface area contributed by atoms with Gasteiger partial charge in [0.1, 0.15) is 0 Å². The Morgan fingerprint density at radius 1 is 0.521 bits per heavy atom. The molecular formula is C44H28N4. The van der Waals surface area contributed by atoms with Gasteiger partial charge >= 0.3 is 0 Å². The fourth-order valence-electron chi connectivity index (χ4n) is 7.47. The molecule has 0 unspecified atom stereocenters. The number of hydrogen-bond acceptors (Lipinski definition) is 2. The third-order valence-corrected chi connectivity index (χ3v) is 9.65. The summed E-state index contributed by atoms with van der Waals surface area (Å²) in [6.07, 6.45) is 6.26. The first kappa shape index (κ1) is 27.7. The van der Waals surface area contributed by atoms with Crippen molar-refractivity contribution in [1.29, 1.82) is 10.5 Å². The third-order valence-electron chi connectivity index (χ3n) is 9.65. The van der Waals surface area contributed by atoms with Gasteiger partial charge in [-0.2, -0.15) is 10.5 Å². The summed E-state index contributed by atoms with van der Waals surface area (Å²) in [6, 6.07) is 51.1. The molecule has 0 amide bonds. The molecule has 0 N–H and O–H groups in total. The summed E-state index contributed by atoms with van der Waals surface area (Å²) in [4.78, 5) is 0. The fourth-order valence-corrected chi connectivity index (χ4v) is 7.47. The lowest BCUT2D eigenvalue weighted by molar-refractivity contribution is 0.889. The highest BCUT2D eigenvalue weighted by molar-refractivity contribution is 6.09. The van der Waals surface area contributed by atoms with Gasteiger partial charge in [-0.25, -0.2) is 0 Å². The van der Waals surface area contributed by atoms with Crippen LogP contribution in [0.1, 0.15) is 28.8 Å². The Morgan fingerprint density at radius 3 is 1.94 bits per heavy atom. The Hall–Kier alpha value is -6.62. The van der Waals surface area contributed by atoms with Gasteiger partial charge < -0.3 is 9.13 Å². The summed E-state index contributed by atoms with van der Waals surface area (Å²) in [6.45, 7) is 0. The van der Waals surface area contributed by atoms with Crippen LogP contribution in [0.4, 0.5) is 0 Å². The van der Waals surface area contributed by atoms with Crippen LogP contribution < -0.4 is 0 Å². The van der Waals surface area contributed by atoms with Gasteiger partial charge in [-0.3, -0.25) is 0 Å². The maximum atomic E-state index is 9.88. The second-order valence-electron chi connectivity index (χ2n) is 12.3. The number of rotatable bonds is 4. The number of nitrogens with zero attached hydrogens (tertiary/aromatic N) is 4. The SMILES string of the molecule is N#Cc1ccc(-n2c3c(c4cc(C#N)ccc42)C=CCC3)c(-c2ccc(-c3cccc(-n4c5ccccc5c5ccccc54)c3)cc2)c1. The molecule has 0 saturated heterocycles. The summed E-state index contributed by atoms with van der Waals surface area (Å²) in [5.74, 6) is 0. The van der Waals surface area contributed by atoms with E-state index in [2.05, 4.69) is 143 Å². The van der Waals surface area contributed by atoms with Gasteiger partial charge in [0.25, 0.3) is 0 Å². The second-order valence-corrected chi connectivity index (χ2v) is 12.3. The molecule has 1 aliphatic carbocycles. The molecule has 4 nitrogen and oxygen atoms in total. The van der Waals surface area contributed by atoms with Crippen LogP contribution in [-0.4, -0.2) is 9.13 Å². The topological polar surface area (TPSA) is 57.4 Å². The average molecular weight is 613 g/mol. The van der Waals surface area contributed by atoms with Gasteiger partial charge in [0.05, 0.1) is 45.5 Å². The van der Waals surface area contributed by atoms with Gasteiger partial charge in [0, 0.05) is 38.7 Å². The summed E-state index contributed by atoms with van der Waals surface area (Å²) >= 11 is 0. The molecule has 6 aromatic carbocycles. The molecule has 48 heavy (non-hydrogen) atoms. The van der Waals surface area contributed by atoms with Crippen molar-refractivity contribution in [2.24, 2.45) is 0 Å². The monoisotopic (exact) mass is 612 g/mol. The zero-order valence-electron chi connectivity index (χ0n) is 26.1. The van der Waals surface area contributed by atoms with E-state index in [1.165, 1.54) is 33.1 Å². The first-order valence-corrected chi connectivity index (χ1v) is 16.2. The van der Waals surface area contributed by atoms with E-state index < -0.39 is 0 Å². The Morgan fingerprint density at radius 2 is 1.19 bits per heavy atom. The van der Waals surface area contributed by atoms with Crippen LogP contribution in [0, 0.1) is 22.7 Å². The molecule has 0 spiro atoms. The Balaban J connectivity index is 1.16. The highest BCUT2D eigenvalue weighted by Gasteiger charge is 2.21. The molecule has 4 heteroatoms. The zero-order valence-corrected chi connectivity index (χ0v) is 26.1. The Bertz CT molecular complexity index is 2630. The molecule has 224 valence electrons. The molecule has 0 atom stereocenters. The molecule has 0 fully saturated rings. The lowest BCUT2D eigenvalue weighted by Crippen LogP contribution is -2.05. The number of fused-ring (bicyclic) bond motifs is 6. The van der Waals surface area contributed by atoms with E-state index in [0.29, 0.717) is 11.1 Å². The van der Waals surface area contributed by atoms with Crippen LogP contribution in [0.15, 0.2) is 140 Å². The maximum absolute atomic E-state index is 9.88. The minimum absolute atomic E-state index is 0.619. The molecule has 0 saturated carbocycles. The smallest absolute Gasteiger partial charge is 0.0991 e. The van der Waals surface area contributed by atoms with Crippen LogP contribution in [0.5, 0.6) is 0 Å². The van der Waals surface area contributed by atoms with Crippen molar-refractivity contribution in [1.82, 2.24) is 9.13 Å². The van der Waals surface area contributed by atoms with Crippen molar-refractivity contribution in [2.75, 3.05) is 0 Å². The number of nitriles is 2. The maximum Gasteiger partial charge on any atom is 0.0991 e. The zero-order chi connectivity index (χ0) is 32.2. The van der Waals surface area contributed by atoms with Crippen molar-refractivity contribution in [3.63, 3.8) is 0 Å². The van der Waals surface area contributed by atoms with E-state index in [4.69, 9.17) is 0 Å². The molecule has 0 bridgehead atoms. The predicted molar refractivity (Wildman–Crippen MR) is 195 cm³/mol. The van der Waals surface area contributed by atoms with Gasteiger partial charge in [-0.15, -0.1) is 0 Å². The van der Waals surface area contributed by atoms with Crippen molar-refractivity contribution in [2.45, 2.75) is 12.8 Å². The molecular weight excluding hydrogens is 585 g/mol. The largest absolute Gasteiger partial charge is 0.312 e. The molecule has 8 aromatic rings. The molecule has 0 aliphatic heterocycles. The first-order chi connectivity index (χ1) is 23.7. The third kappa shape index (κ3) is 4.28. The highest BCUT2D eigenvalue weighted by Crippen LogP contribution is 2.39. The lowest BCUT2D eigenvalue weighted by Gasteiger charge is -2.18. The predicted octanol–water partition coefficient (Wildman–Crippen LogP) is 10.8. The van der Waals surface area contributed by atoms with Gasteiger partial charge in [-0.05, 0) is 90.2 Å². The number of allylic oxidation sites excluding steroid dienone is 1. The van der Waals surface area contributed by atoms with Crippen LogP contribution in [0.2, 0.25) is 0 Å². The van der Waals surface area contributed by atoms with Gasteiger partial charge in [-0.1, -0.05) is 84.9 Å². The van der Waals surface area contributed by atoms with E-state index >= 15 is 0 Å². The second kappa shape index (κ2) is 11.0. The minimum Gasteiger partial charge on any atom is -0.312 e. The fraction of sp³-hybridized carbons (Fsp3) is 0.0455. The quantitative estimate of drug-likeness (QED) is 0.199. The number of hydrogen-bond donors (Lipinski definition) is 0. The van der Waals surface area contributed by atoms with E-state index in [1.54, 1.807) is 0 Å². The number of para-hydroxylation sites is 2. The van der Waals surface area contributed by atoms with Crippen molar-refractivity contribution in [3.8, 4) is 45.8 Å². The van der Waals surface area contributed by atoms with Crippen LogP contribution in [0.25, 0.3) is 72.4 Å². The lowest BCUT2D eigenvalue weighted by atomic mass is 9.97. The standard InChI is InChI=1S/C44H28N4/c45-27-29-16-22-43(48-42-15-6-3-12-37(42)39-25-30(28-46)17-23-44(39)48)38(24-29)32-20-18-31(19-21-32)33-8-7-9-34(26-33)47-40-13-4-1-10-35(40)36-11-2-5-14-41(36)47/h1-5,7-14,16-26H,6,15H2. The van der Waals surface area contributed by atoms with Crippen molar-refractivity contribution in [3.05, 3.63) is 162 Å². The highest BCUT2D eigenvalue weighted by atomic mass is 15.0. The molecule has 0 radical (unpaired) electrons. The first-order valence-electron chi connectivity index (χ1n) is 16.2. The normalized spacial score (nSPS) is 12.3. The molecule has 9 rings (SSSR count). The molecule has 2 heterocycles. The minimum atomic E-state index is 0.619. The molecule has 2 aromatic heterocycles. The van der Waals surface area contributed by atoms with Gasteiger partial charge in [0.15, 0.2) is 0 Å². The van der Waals surface area contributed by atoms with E-state index in [0.717, 1.165) is 57.4 Å².